The SMILES string of the molecule is CNC(Cc1ccncc1Cl)c1cccc2c1OCCO2. The highest BCUT2D eigenvalue weighted by Gasteiger charge is 2.21. The predicted molar refractivity (Wildman–Crippen MR) is 82.2 cm³/mol. The molecule has 5 heteroatoms. The fraction of sp³-hybridized carbons (Fsp3) is 0.312. The molecule has 110 valence electrons. The highest BCUT2D eigenvalue weighted by Crippen LogP contribution is 2.38. The number of hydrogen-bond acceptors (Lipinski definition) is 4. The molecule has 21 heavy (non-hydrogen) atoms. The lowest BCUT2D eigenvalue weighted by Crippen LogP contribution is -2.23. The Bertz CT molecular complexity index is 633. The van der Waals surface area contributed by atoms with Gasteiger partial charge in [-0.3, -0.25) is 4.98 Å². The fourth-order valence-corrected chi connectivity index (χ4v) is 2.72. The van der Waals surface area contributed by atoms with Crippen molar-refractivity contribution >= 4 is 11.6 Å². The van der Waals surface area contributed by atoms with Crippen molar-refractivity contribution in [2.45, 2.75) is 12.5 Å². The van der Waals surface area contributed by atoms with Crippen LogP contribution in [0.5, 0.6) is 11.5 Å². The summed E-state index contributed by atoms with van der Waals surface area (Å²) in [7, 11) is 1.93. The number of benzene rings is 1. The van der Waals surface area contributed by atoms with Crippen molar-refractivity contribution in [3.63, 3.8) is 0 Å². The van der Waals surface area contributed by atoms with Crippen molar-refractivity contribution < 1.29 is 9.47 Å². The largest absolute Gasteiger partial charge is 0.486 e. The van der Waals surface area contributed by atoms with Gasteiger partial charge in [-0.05, 0) is 31.2 Å². The molecule has 0 fully saturated rings. The maximum absolute atomic E-state index is 6.21. The van der Waals surface area contributed by atoms with Gasteiger partial charge in [-0.2, -0.15) is 0 Å². The Morgan fingerprint density at radius 2 is 2.14 bits per heavy atom. The number of rotatable bonds is 4. The van der Waals surface area contributed by atoms with Gasteiger partial charge in [-0.25, -0.2) is 0 Å². The zero-order valence-corrected chi connectivity index (χ0v) is 12.6. The molecule has 1 atom stereocenters. The number of aromatic nitrogens is 1. The second-order valence-corrected chi connectivity index (χ2v) is 5.29. The minimum atomic E-state index is 0.0987. The lowest BCUT2D eigenvalue weighted by Gasteiger charge is -2.25. The second-order valence-electron chi connectivity index (χ2n) is 4.88. The Balaban J connectivity index is 1.92. The number of nitrogens with one attached hydrogen (secondary N) is 1. The highest BCUT2D eigenvalue weighted by atomic mass is 35.5. The van der Waals surface area contributed by atoms with Crippen LogP contribution in [0.15, 0.2) is 36.7 Å². The standard InChI is InChI=1S/C16H17ClN2O2/c1-18-14(9-11-5-6-19-10-13(11)17)12-3-2-4-15-16(12)21-8-7-20-15/h2-6,10,14,18H,7-9H2,1H3. The number of ether oxygens (including phenoxy) is 2. The number of fused-ring (bicyclic) bond motifs is 1. The van der Waals surface area contributed by atoms with Crippen LogP contribution in [0.2, 0.25) is 5.02 Å². The molecule has 3 rings (SSSR count). The lowest BCUT2D eigenvalue weighted by atomic mass is 9.98. The molecule has 1 aliphatic heterocycles. The molecule has 0 amide bonds. The first kappa shape index (κ1) is 14.2. The smallest absolute Gasteiger partial charge is 0.166 e. The van der Waals surface area contributed by atoms with Crippen molar-refractivity contribution in [3.8, 4) is 11.5 Å². The van der Waals surface area contributed by atoms with E-state index in [9.17, 15) is 0 Å². The van der Waals surface area contributed by atoms with E-state index in [0.29, 0.717) is 18.2 Å². The third kappa shape index (κ3) is 2.96. The third-order valence-corrected chi connectivity index (χ3v) is 3.94. The van der Waals surface area contributed by atoms with Crippen LogP contribution < -0.4 is 14.8 Å². The summed E-state index contributed by atoms with van der Waals surface area (Å²) in [6.07, 6.45) is 4.19. The molecule has 1 N–H and O–H groups in total. The van der Waals surface area contributed by atoms with E-state index < -0.39 is 0 Å². The average molecular weight is 305 g/mol. The van der Waals surface area contributed by atoms with Crippen LogP contribution in [0.25, 0.3) is 0 Å². The van der Waals surface area contributed by atoms with Crippen molar-refractivity contribution in [1.29, 1.82) is 0 Å². The monoisotopic (exact) mass is 304 g/mol. The van der Waals surface area contributed by atoms with E-state index in [0.717, 1.165) is 29.0 Å². The molecule has 1 aromatic heterocycles. The third-order valence-electron chi connectivity index (χ3n) is 3.60. The molecule has 0 saturated heterocycles. The summed E-state index contributed by atoms with van der Waals surface area (Å²) in [5.41, 5.74) is 2.14. The number of likely N-dealkylation sites (N-methyl/N-ethyl adjacent to an activating group) is 1. The zero-order valence-electron chi connectivity index (χ0n) is 11.8. The molecular formula is C16H17ClN2O2. The quantitative estimate of drug-likeness (QED) is 0.943. The van der Waals surface area contributed by atoms with Gasteiger partial charge in [0.05, 0.1) is 5.02 Å². The number of halogens is 1. The van der Waals surface area contributed by atoms with Crippen LogP contribution in [0.4, 0.5) is 0 Å². The van der Waals surface area contributed by atoms with Gasteiger partial charge in [0.25, 0.3) is 0 Å². The molecule has 0 bridgehead atoms. The van der Waals surface area contributed by atoms with E-state index in [-0.39, 0.29) is 6.04 Å². The van der Waals surface area contributed by atoms with Gasteiger partial charge < -0.3 is 14.8 Å². The number of pyridine rings is 1. The Morgan fingerprint density at radius 3 is 2.95 bits per heavy atom. The molecule has 0 aliphatic carbocycles. The minimum absolute atomic E-state index is 0.0987. The van der Waals surface area contributed by atoms with Crippen molar-refractivity contribution in [1.82, 2.24) is 10.3 Å². The summed E-state index contributed by atoms with van der Waals surface area (Å²) in [6, 6.07) is 8.02. The fourth-order valence-electron chi connectivity index (χ4n) is 2.53. The van der Waals surface area contributed by atoms with E-state index in [2.05, 4.69) is 16.4 Å². The summed E-state index contributed by atoms with van der Waals surface area (Å²) in [5, 5.41) is 4.01. The van der Waals surface area contributed by atoms with Crippen LogP contribution in [0, 0.1) is 0 Å². The normalized spacial score (nSPS) is 14.8. The van der Waals surface area contributed by atoms with Crippen LogP contribution in [0.1, 0.15) is 17.2 Å². The molecule has 2 heterocycles. The molecular weight excluding hydrogens is 288 g/mol. The van der Waals surface area contributed by atoms with E-state index in [4.69, 9.17) is 21.1 Å². The minimum Gasteiger partial charge on any atom is -0.486 e. The summed E-state index contributed by atoms with van der Waals surface area (Å²) in [6.45, 7) is 1.17. The molecule has 0 saturated carbocycles. The van der Waals surface area contributed by atoms with Crippen LogP contribution in [-0.4, -0.2) is 25.2 Å². The molecule has 1 aromatic carbocycles. The number of hydrogen-bond donors (Lipinski definition) is 1. The second kappa shape index (κ2) is 6.33. The van der Waals surface area contributed by atoms with Gasteiger partial charge in [0.15, 0.2) is 11.5 Å². The Kier molecular flexibility index (Phi) is 4.27. The molecule has 1 unspecified atom stereocenters. The molecule has 2 aromatic rings. The molecule has 0 spiro atoms. The first-order valence-corrected chi connectivity index (χ1v) is 7.31. The van der Waals surface area contributed by atoms with E-state index in [1.165, 1.54) is 0 Å². The van der Waals surface area contributed by atoms with Crippen molar-refractivity contribution in [3.05, 3.63) is 52.8 Å². The van der Waals surface area contributed by atoms with Gasteiger partial charge >= 0.3 is 0 Å². The van der Waals surface area contributed by atoms with Gasteiger partial charge in [0.1, 0.15) is 13.2 Å². The Labute approximate surface area is 129 Å². The van der Waals surface area contributed by atoms with Crippen LogP contribution in [0.3, 0.4) is 0 Å². The Hall–Kier alpha value is -1.78. The van der Waals surface area contributed by atoms with E-state index >= 15 is 0 Å². The molecule has 0 radical (unpaired) electrons. The summed E-state index contributed by atoms with van der Waals surface area (Å²) < 4.78 is 11.4. The summed E-state index contributed by atoms with van der Waals surface area (Å²) in [5.74, 6) is 1.63. The van der Waals surface area contributed by atoms with E-state index in [1.807, 2.05) is 25.2 Å². The molecule has 1 aliphatic rings. The first-order valence-electron chi connectivity index (χ1n) is 6.93. The Morgan fingerprint density at radius 1 is 1.29 bits per heavy atom. The zero-order chi connectivity index (χ0) is 14.7. The first-order chi connectivity index (χ1) is 10.3. The lowest BCUT2D eigenvalue weighted by molar-refractivity contribution is 0.168. The van der Waals surface area contributed by atoms with Gasteiger partial charge in [0.2, 0.25) is 0 Å². The maximum atomic E-state index is 6.21. The number of para-hydroxylation sites is 1. The van der Waals surface area contributed by atoms with E-state index in [1.54, 1.807) is 12.4 Å². The van der Waals surface area contributed by atoms with Crippen molar-refractivity contribution in [2.75, 3.05) is 20.3 Å². The topological polar surface area (TPSA) is 43.4 Å². The van der Waals surface area contributed by atoms with Gasteiger partial charge in [0, 0.05) is 24.0 Å². The van der Waals surface area contributed by atoms with Crippen molar-refractivity contribution in [2.24, 2.45) is 0 Å². The van der Waals surface area contributed by atoms with Crippen LogP contribution in [-0.2, 0) is 6.42 Å². The maximum Gasteiger partial charge on any atom is 0.166 e. The molecule has 4 nitrogen and oxygen atoms in total. The summed E-state index contributed by atoms with van der Waals surface area (Å²) >= 11 is 6.21. The average Bonchev–Trinajstić information content (AvgIpc) is 2.54. The van der Waals surface area contributed by atoms with Gasteiger partial charge in [-0.15, -0.1) is 0 Å². The number of nitrogens with zero attached hydrogens (tertiary/aromatic N) is 1. The highest BCUT2D eigenvalue weighted by molar-refractivity contribution is 6.31. The summed E-state index contributed by atoms with van der Waals surface area (Å²) in [4.78, 5) is 4.02. The van der Waals surface area contributed by atoms with Gasteiger partial charge in [-0.1, -0.05) is 23.7 Å². The van der Waals surface area contributed by atoms with Crippen LogP contribution >= 0.6 is 11.6 Å². The predicted octanol–water partition coefficient (Wildman–Crippen LogP) is 3.01.